The molecular weight excluding hydrogens is 382 g/mol. The molecule has 2 aromatic carbocycles. The first-order valence-electron chi connectivity index (χ1n) is 8.31. The minimum Gasteiger partial charge on any atom is -0.508 e. The first kappa shape index (κ1) is 20.9. The molecule has 0 aliphatic carbocycles. The Morgan fingerprint density at radius 3 is 2.43 bits per heavy atom. The third-order valence-corrected chi connectivity index (χ3v) is 5.82. The van der Waals surface area contributed by atoms with E-state index in [0.717, 1.165) is 0 Å². The number of nitrogens with zero attached hydrogens (tertiary/aromatic N) is 1. The Bertz CT molecular complexity index is 984. The Morgan fingerprint density at radius 2 is 1.79 bits per heavy atom. The van der Waals surface area contributed by atoms with Crippen molar-refractivity contribution in [2.24, 2.45) is 0 Å². The van der Waals surface area contributed by atoms with Crippen molar-refractivity contribution in [2.45, 2.75) is 11.0 Å². The molecule has 0 radical (unpaired) electrons. The minimum atomic E-state index is -3.98. The average Bonchev–Trinajstić information content (AvgIpc) is 2.66. The Labute approximate surface area is 162 Å². The number of phenols is 1. The van der Waals surface area contributed by atoms with E-state index in [4.69, 9.17) is 5.26 Å². The molecule has 146 valence electrons. The summed E-state index contributed by atoms with van der Waals surface area (Å²) in [5, 5.41) is 21.1. The first-order chi connectivity index (χ1) is 13.3. The third-order valence-electron chi connectivity index (χ3n) is 3.83. The highest BCUT2D eigenvalue weighted by Crippen LogP contribution is 2.13. The van der Waals surface area contributed by atoms with E-state index >= 15 is 0 Å². The zero-order chi connectivity index (χ0) is 20.6. The monoisotopic (exact) mass is 401 g/mol. The number of carbonyl (C=O) groups is 2. The molecule has 0 spiro atoms. The number of hydrogen-bond acceptors (Lipinski definition) is 6. The van der Waals surface area contributed by atoms with Crippen LogP contribution in [0.15, 0.2) is 54.6 Å². The number of phenolic OH excluding ortho intramolecular Hbond substituents is 1. The van der Waals surface area contributed by atoms with Gasteiger partial charge in [-0.15, -0.1) is 0 Å². The van der Waals surface area contributed by atoms with Crippen LogP contribution in [0.2, 0.25) is 0 Å². The lowest BCUT2D eigenvalue weighted by Gasteiger charge is -2.17. The Morgan fingerprint density at radius 1 is 1.07 bits per heavy atom. The summed E-state index contributed by atoms with van der Waals surface area (Å²) >= 11 is 0. The van der Waals surface area contributed by atoms with E-state index in [1.807, 2.05) is 0 Å². The summed E-state index contributed by atoms with van der Waals surface area (Å²) in [4.78, 5) is 24.5. The predicted octanol–water partition coefficient (Wildman–Crippen LogP) is 0.745. The van der Waals surface area contributed by atoms with Gasteiger partial charge in [-0.25, -0.2) is 8.42 Å². The highest BCUT2D eigenvalue weighted by molar-refractivity contribution is 7.92. The predicted molar refractivity (Wildman–Crippen MR) is 102 cm³/mol. The average molecular weight is 401 g/mol. The smallest absolute Gasteiger partial charge is 0.251 e. The molecule has 3 N–H and O–H groups in total. The fourth-order valence-corrected chi connectivity index (χ4v) is 4.07. The van der Waals surface area contributed by atoms with Gasteiger partial charge in [-0.2, -0.15) is 5.26 Å². The Balaban J connectivity index is 2.18. The molecule has 0 saturated carbocycles. The topological polar surface area (TPSA) is 136 Å². The molecule has 8 nitrogen and oxygen atoms in total. The fraction of sp³-hybridized carbons (Fsp3) is 0.211. The summed E-state index contributed by atoms with van der Waals surface area (Å²) in [6, 6.07) is 15.6. The van der Waals surface area contributed by atoms with Crippen LogP contribution in [0.25, 0.3) is 0 Å². The molecule has 2 aromatic rings. The molecule has 1 atom stereocenters. The van der Waals surface area contributed by atoms with Crippen LogP contribution in [0.1, 0.15) is 15.9 Å². The lowest BCUT2D eigenvalue weighted by atomic mass is 10.2. The molecule has 9 heteroatoms. The summed E-state index contributed by atoms with van der Waals surface area (Å²) in [6.45, 7) is -0.822. The summed E-state index contributed by atoms with van der Waals surface area (Å²) in [6.07, 6.45) is 0. The van der Waals surface area contributed by atoms with Gasteiger partial charge in [0.1, 0.15) is 12.3 Å². The van der Waals surface area contributed by atoms with Crippen molar-refractivity contribution in [1.29, 1.82) is 5.26 Å². The van der Waals surface area contributed by atoms with Crippen LogP contribution in [-0.4, -0.2) is 43.7 Å². The number of sulfone groups is 1. The van der Waals surface area contributed by atoms with E-state index in [-0.39, 0.29) is 23.6 Å². The van der Waals surface area contributed by atoms with Gasteiger partial charge in [0.25, 0.3) is 5.91 Å². The van der Waals surface area contributed by atoms with Crippen LogP contribution >= 0.6 is 0 Å². The number of amides is 2. The molecule has 1 unspecified atom stereocenters. The lowest BCUT2D eigenvalue weighted by Crippen LogP contribution is -2.47. The van der Waals surface area contributed by atoms with Gasteiger partial charge in [0, 0.05) is 12.1 Å². The van der Waals surface area contributed by atoms with E-state index in [1.165, 1.54) is 24.3 Å². The number of hydrogen-bond donors (Lipinski definition) is 3. The third kappa shape index (κ3) is 5.82. The van der Waals surface area contributed by atoms with Gasteiger partial charge in [0.2, 0.25) is 5.91 Å². The summed E-state index contributed by atoms with van der Waals surface area (Å²) in [5.74, 6) is -2.01. The molecule has 0 heterocycles. The van der Waals surface area contributed by atoms with Crippen LogP contribution < -0.4 is 10.6 Å². The zero-order valence-electron chi connectivity index (χ0n) is 14.8. The van der Waals surface area contributed by atoms with Crippen molar-refractivity contribution >= 4 is 21.7 Å². The molecule has 0 fully saturated rings. The molecule has 0 bridgehead atoms. The second-order valence-electron chi connectivity index (χ2n) is 5.92. The molecule has 0 aliphatic rings. The van der Waals surface area contributed by atoms with Crippen molar-refractivity contribution in [1.82, 2.24) is 10.6 Å². The largest absolute Gasteiger partial charge is 0.508 e. The van der Waals surface area contributed by atoms with Gasteiger partial charge in [0.05, 0.1) is 11.8 Å². The van der Waals surface area contributed by atoms with Gasteiger partial charge < -0.3 is 15.7 Å². The Kier molecular flexibility index (Phi) is 7.12. The van der Waals surface area contributed by atoms with Crippen LogP contribution in [-0.2, 0) is 20.4 Å². The Hall–Kier alpha value is -3.38. The molecule has 0 aliphatic heterocycles. The first-order valence-corrected chi connectivity index (χ1v) is 10.0. The number of carbonyl (C=O) groups excluding carboxylic acids is 2. The molecule has 2 amide bonds. The lowest BCUT2D eigenvalue weighted by molar-refractivity contribution is -0.120. The van der Waals surface area contributed by atoms with E-state index < -0.39 is 33.4 Å². The molecular formula is C19H19N3O5S. The van der Waals surface area contributed by atoms with E-state index in [2.05, 4.69) is 10.6 Å². The van der Waals surface area contributed by atoms with E-state index in [1.54, 1.807) is 36.4 Å². The number of aromatic hydroxyl groups is 1. The van der Waals surface area contributed by atoms with Crippen LogP contribution in [0.4, 0.5) is 0 Å². The summed E-state index contributed by atoms with van der Waals surface area (Å²) in [5.41, 5.74) is 0.622. The SMILES string of the molecule is N#CCNC(=O)C(CNC(=O)c1cccc(O)c1)S(=O)(=O)Cc1ccccc1. The highest BCUT2D eigenvalue weighted by atomic mass is 32.2. The van der Waals surface area contributed by atoms with E-state index in [0.29, 0.717) is 5.56 Å². The number of nitrogens with one attached hydrogen (secondary N) is 2. The second-order valence-corrected chi connectivity index (χ2v) is 8.10. The minimum absolute atomic E-state index is 0.118. The van der Waals surface area contributed by atoms with Crippen LogP contribution in [0, 0.1) is 11.3 Å². The second kappa shape index (κ2) is 9.53. The van der Waals surface area contributed by atoms with Gasteiger partial charge in [0.15, 0.2) is 15.1 Å². The molecule has 2 rings (SSSR count). The van der Waals surface area contributed by atoms with Gasteiger partial charge >= 0.3 is 0 Å². The van der Waals surface area contributed by atoms with Crippen LogP contribution in [0.3, 0.4) is 0 Å². The molecule has 28 heavy (non-hydrogen) atoms. The van der Waals surface area contributed by atoms with Gasteiger partial charge in [-0.05, 0) is 23.8 Å². The van der Waals surface area contributed by atoms with Gasteiger partial charge in [-0.3, -0.25) is 9.59 Å². The molecule has 0 aromatic heterocycles. The summed E-state index contributed by atoms with van der Waals surface area (Å²) < 4.78 is 25.5. The maximum Gasteiger partial charge on any atom is 0.251 e. The maximum absolute atomic E-state index is 12.8. The van der Waals surface area contributed by atoms with Crippen molar-refractivity contribution in [2.75, 3.05) is 13.1 Å². The zero-order valence-corrected chi connectivity index (χ0v) is 15.6. The van der Waals surface area contributed by atoms with E-state index in [9.17, 15) is 23.1 Å². The van der Waals surface area contributed by atoms with Crippen molar-refractivity contribution < 1.29 is 23.1 Å². The number of benzene rings is 2. The van der Waals surface area contributed by atoms with Crippen molar-refractivity contribution in [3.05, 3.63) is 65.7 Å². The summed E-state index contributed by atoms with van der Waals surface area (Å²) in [7, 11) is -3.98. The number of rotatable bonds is 8. The fourth-order valence-electron chi connectivity index (χ4n) is 2.46. The van der Waals surface area contributed by atoms with Crippen LogP contribution in [0.5, 0.6) is 5.75 Å². The quantitative estimate of drug-likeness (QED) is 0.558. The van der Waals surface area contributed by atoms with Crippen molar-refractivity contribution in [3.63, 3.8) is 0 Å². The normalized spacial score (nSPS) is 11.8. The highest BCUT2D eigenvalue weighted by Gasteiger charge is 2.33. The maximum atomic E-state index is 12.8. The van der Waals surface area contributed by atoms with Crippen molar-refractivity contribution in [3.8, 4) is 11.8 Å². The number of nitriles is 1. The van der Waals surface area contributed by atoms with Gasteiger partial charge in [-0.1, -0.05) is 36.4 Å². The standard InChI is InChI=1S/C19H19N3O5S/c20-9-10-21-19(25)17(28(26,27)13-14-5-2-1-3-6-14)12-22-18(24)15-7-4-8-16(23)11-15/h1-8,11,17,23H,10,12-13H2,(H,21,25)(H,22,24). The molecule has 0 saturated heterocycles.